The first-order valence-electron chi connectivity index (χ1n) is 9.08. The molecule has 1 saturated heterocycles. The van der Waals surface area contributed by atoms with Gasteiger partial charge in [0.05, 0.1) is 16.3 Å². The van der Waals surface area contributed by atoms with Crippen LogP contribution in [0.1, 0.15) is 23.0 Å². The first-order chi connectivity index (χ1) is 12.9. The van der Waals surface area contributed by atoms with Crippen LogP contribution in [-0.4, -0.2) is 42.9 Å². The summed E-state index contributed by atoms with van der Waals surface area (Å²) in [7, 11) is 0. The summed E-state index contributed by atoms with van der Waals surface area (Å²) in [5.74, 6) is 1.66. The van der Waals surface area contributed by atoms with Crippen LogP contribution in [0.5, 0.6) is 11.5 Å². The fraction of sp³-hybridized carbons (Fsp3) is 0.350. The van der Waals surface area contributed by atoms with Crippen molar-refractivity contribution in [3.8, 4) is 11.5 Å². The van der Waals surface area contributed by atoms with E-state index in [9.17, 15) is 0 Å². The monoisotopic (exact) mass is 367 g/mol. The molecule has 134 valence electrons. The summed E-state index contributed by atoms with van der Waals surface area (Å²) in [5, 5.41) is 4.65. The number of fused-ring (bicyclic) bond motifs is 2. The standard InChI is InChI=1S/C20H21N3O2S/c1-2-5-18-15(4-1)22-20(26-18)19(23-10-3-8-21-9-11-23)14-6-7-16-17(12-14)25-13-24-16/h1-2,4-7,12,19,21H,3,8-11,13H2. The zero-order valence-electron chi connectivity index (χ0n) is 14.5. The second-order valence-corrected chi connectivity index (χ2v) is 7.74. The Bertz CT molecular complexity index is 885. The van der Waals surface area contributed by atoms with E-state index in [1.165, 1.54) is 10.3 Å². The van der Waals surface area contributed by atoms with E-state index in [0.29, 0.717) is 6.79 Å². The average Bonchev–Trinajstić information content (AvgIpc) is 3.22. The molecule has 1 N–H and O–H groups in total. The van der Waals surface area contributed by atoms with Crippen LogP contribution in [0.4, 0.5) is 0 Å². The normalized spacial score (nSPS) is 18.8. The molecule has 5 rings (SSSR count). The van der Waals surface area contributed by atoms with E-state index < -0.39 is 0 Å². The maximum atomic E-state index is 5.63. The van der Waals surface area contributed by atoms with Crippen molar-refractivity contribution in [2.24, 2.45) is 0 Å². The van der Waals surface area contributed by atoms with Crippen LogP contribution in [-0.2, 0) is 0 Å². The van der Waals surface area contributed by atoms with Gasteiger partial charge in [0.25, 0.3) is 0 Å². The van der Waals surface area contributed by atoms with E-state index in [2.05, 4.69) is 46.6 Å². The molecule has 1 atom stereocenters. The molecule has 3 heterocycles. The molecule has 0 aliphatic carbocycles. The van der Waals surface area contributed by atoms with Crippen LogP contribution in [0.15, 0.2) is 42.5 Å². The van der Waals surface area contributed by atoms with Gasteiger partial charge in [0, 0.05) is 19.6 Å². The summed E-state index contributed by atoms with van der Waals surface area (Å²) in [6.07, 6.45) is 1.14. The quantitative estimate of drug-likeness (QED) is 0.769. The maximum Gasteiger partial charge on any atom is 0.231 e. The minimum absolute atomic E-state index is 0.141. The van der Waals surface area contributed by atoms with Gasteiger partial charge in [-0.05, 0) is 42.8 Å². The van der Waals surface area contributed by atoms with Crippen LogP contribution < -0.4 is 14.8 Å². The molecule has 0 amide bonds. The van der Waals surface area contributed by atoms with Crippen LogP contribution >= 0.6 is 11.3 Å². The van der Waals surface area contributed by atoms with Gasteiger partial charge in [-0.1, -0.05) is 18.2 Å². The fourth-order valence-corrected chi connectivity index (χ4v) is 4.86. The Labute approximate surface area is 156 Å². The number of ether oxygens (including phenoxy) is 2. The maximum absolute atomic E-state index is 5.63. The first-order valence-corrected chi connectivity index (χ1v) is 9.90. The summed E-state index contributed by atoms with van der Waals surface area (Å²) >= 11 is 1.79. The molecule has 5 nitrogen and oxygen atoms in total. The summed E-state index contributed by atoms with van der Waals surface area (Å²) in [4.78, 5) is 7.51. The van der Waals surface area contributed by atoms with E-state index in [0.717, 1.165) is 54.6 Å². The van der Waals surface area contributed by atoms with Crippen LogP contribution in [0.2, 0.25) is 0 Å². The third-order valence-electron chi connectivity index (χ3n) is 5.00. The lowest BCUT2D eigenvalue weighted by Crippen LogP contribution is -2.33. The van der Waals surface area contributed by atoms with Gasteiger partial charge in [-0.15, -0.1) is 11.3 Å². The van der Waals surface area contributed by atoms with Crippen molar-refractivity contribution in [3.05, 3.63) is 53.0 Å². The Hall–Kier alpha value is -2.15. The average molecular weight is 367 g/mol. The van der Waals surface area contributed by atoms with Gasteiger partial charge in [0.15, 0.2) is 11.5 Å². The van der Waals surface area contributed by atoms with Crippen molar-refractivity contribution in [3.63, 3.8) is 0 Å². The Morgan fingerprint density at radius 2 is 1.96 bits per heavy atom. The van der Waals surface area contributed by atoms with Crippen molar-refractivity contribution in [2.45, 2.75) is 12.5 Å². The molecule has 0 saturated carbocycles. The number of benzene rings is 2. The highest BCUT2D eigenvalue weighted by Crippen LogP contribution is 2.39. The molecular formula is C20H21N3O2S. The SMILES string of the molecule is c1ccc2sc(C(c3ccc4c(c3)OCO4)N3CCCNCC3)nc2c1. The number of nitrogens with zero attached hydrogens (tertiary/aromatic N) is 2. The number of aromatic nitrogens is 1. The van der Waals surface area contributed by atoms with Gasteiger partial charge in [-0.3, -0.25) is 4.90 Å². The third kappa shape index (κ3) is 2.94. The number of thiazole rings is 1. The topological polar surface area (TPSA) is 46.6 Å². The molecule has 1 aromatic heterocycles. The number of hydrogen-bond acceptors (Lipinski definition) is 6. The van der Waals surface area contributed by atoms with Gasteiger partial charge in [0.1, 0.15) is 5.01 Å². The number of nitrogens with one attached hydrogen (secondary N) is 1. The highest BCUT2D eigenvalue weighted by atomic mass is 32.1. The predicted molar refractivity (Wildman–Crippen MR) is 103 cm³/mol. The lowest BCUT2D eigenvalue weighted by Gasteiger charge is -2.29. The first kappa shape index (κ1) is 16.1. The molecule has 0 spiro atoms. The number of hydrogen-bond donors (Lipinski definition) is 1. The smallest absolute Gasteiger partial charge is 0.231 e. The molecule has 0 bridgehead atoms. The minimum atomic E-state index is 0.141. The van der Waals surface area contributed by atoms with E-state index in [-0.39, 0.29) is 6.04 Å². The Morgan fingerprint density at radius 3 is 2.92 bits per heavy atom. The second-order valence-electron chi connectivity index (χ2n) is 6.67. The second kappa shape index (κ2) is 6.87. The Balaban J connectivity index is 1.59. The van der Waals surface area contributed by atoms with E-state index >= 15 is 0 Å². The van der Waals surface area contributed by atoms with Gasteiger partial charge >= 0.3 is 0 Å². The van der Waals surface area contributed by atoms with E-state index in [1.54, 1.807) is 11.3 Å². The highest BCUT2D eigenvalue weighted by Gasteiger charge is 2.28. The van der Waals surface area contributed by atoms with Crippen molar-refractivity contribution in [2.75, 3.05) is 33.0 Å². The Morgan fingerprint density at radius 1 is 1.04 bits per heavy atom. The third-order valence-corrected chi connectivity index (χ3v) is 6.09. The van der Waals surface area contributed by atoms with Crippen molar-refractivity contribution in [1.29, 1.82) is 0 Å². The van der Waals surface area contributed by atoms with Crippen molar-refractivity contribution >= 4 is 21.6 Å². The Kier molecular flexibility index (Phi) is 4.24. The predicted octanol–water partition coefficient (Wildman–Crippen LogP) is 3.41. The molecule has 3 aromatic rings. The zero-order valence-corrected chi connectivity index (χ0v) is 15.3. The van der Waals surface area contributed by atoms with Gasteiger partial charge in [-0.25, -0.2) is 4.98 Å². The molecule has 2 aliphatic rings. The summed E-state index contributed by atoms with van der Waals surface area (Å²) < 4.78 is 12.4. The van der Waals surface area contributed by atoms with Gasteiger partial charge in [0.2, 0.25) is 6.79 Å². The molecular weight excluding hydrogens is 346 g/mol. The molecule has 0 radical (unpaired) electrons. The largest absolute Gasteiger partial charge is 0.454 e. The summed E-state index contributed by atoms with van der Waals surface area (Å²) in [6.45, 7) is 4.45. The fourth-order valence-electron chi connectivity index (χ4n) is 3.72. The lowest BCUT2D eigenvalue weighted by atomic mass is 10.0. The van der Waals surface area contributed by atoms with Crippen molar-refractivity contribution in [1.82, 2.24) is 15.2 Å². The van der Waals surface area contributed by atoms with Crippen LogP contribution in [0.3, 0.4) is 0 Å². The minimum Gasteiger partial charge on any atom is -0.454 e. The summed E-state index contributed by atoms with van der Waals surface area (Å²) in [6, 6.07) is 14.8. The molecule has 2 aliphatic heterocycles. The molecule has 2 aromatic carbocycles. The lowest BCUT2D eigenvalue weighted by molar-refractivity contribution is 0.173. The van der Waals surface area contributed by atoms with Crippen molar-refractivity contribution < 1.29 is 9.47 Å². The van der Waals surface area contributed by atoms with Crippen LogP contribution in [0.25, 0.3) is 10.2 Å². The highest BCUT2D eigenvalue weighted by molar-refractivity contribution is 7.18. The molecule has 1 unspecified atom stereocenters. The molecule has 26 heavy (non-hydrogen) atoms. The zero-order chi connectivity index (χ0) is 17.3. The molecule has 6 heteroatoms. The van der Waals surface area contributed by atoms with Crippen LogP contribution in [0, 0.1) is 0 Å². The van der Waals surface area contributed by atoms with E-state index in [1.807, 2.05) is 6.07 Å². The number of rotatable bonds is 3. The van der Waals surface area contributed by atoms with Gasteiger partial charge in [-0.2, -0.15) is 0 Å². The summed E-state index contributed by atoms with van der Waals surface area (Å²) in [5.41, 5.74) is 2.29. The molecule has 1 fully saturated rings. The number of para-hydroxylation sites is 1. The van der Waals surface area contributed by atoms with E-state index in [4.69, 9.17) is 14.5 Å². The van der Waals surface area contributed by atoms with Gasteiger partial charge < -0.3 is 14.8 Å².